The van der Waals surface area contributed by atoms with Gasteiger partial charge >= 0.3 is 0 Å². The molecule has 2 aromatic rings. The van der Waals surface area contributed by atoms with Gasteiger partial charge in [-0.15, -0.1) is 5.10 Å². The Bertz CT molecular complexity index is 613. The molecule has 92 valence electrons. The number of hydrogen-bond donors (Lipinski definition) is 0. The van der Waals surface area contributed by atoms with Crippen LogP contribution < -0.4 is 4.74 Å². The highest BCUT2D eigenvalue weighted by molar-refractivity contribution is 5.51. The van der Waals surface area contributed by atoms with Crippen LogP contribution in [-0.4, -0.2) is 22.1 Å². The van der Waals surface area contributed by atoms with E-state index >= 15 is 0 Å². The first-order chi connectivity index (χ1) is 8.78. The fraction of sp³-hybridized carbons (Fsp3) is 0.286. The standard InChI is InChI=1S/C14H15N3O/c1-10-7-8-11(18-2)9-14(10)17-15-12-5-3-4-6-13(12)16-17/h3,5,7-9H,4,6H2,1-2H3. The van der Waals surface area contributed by atoms with Crippen LogP contribution in [0.5, 0.6) is 5.75 Å². The number of aromatic nitrogens is 3. The van der Waals surface area contributed by atoms with E-state index in [1.54, 1.807) is 11.9 Å². The fourth-order valence-corrected chi connectivity index (χ4v) is 2.11. The summed E-state index contributed by atoms with van der Waals surface area (Å²) in [6.45, 7) is 2.05. The van der Waals surface area contributed by atoms with Gasteiger partial charge in [0.05, 0.1) is 18.5 Å². The summed E-state index contributed by atoms with van der Waals surface area (Å²) in [5.74, 6) is 0.821. The topological polar surface area (TPSA) is 39.9 Å². The molecule has 1 aromatic heterocycles. The second-order valence-electron chi connectivity index (χ2n) is 4.41. The molecule has 1 aromatic carbocycles. The third-order valence-electron chi connectivity index (χ3n) is 3.17. The Kier molecular flexibility index (Phi) is 2.63. The minimum absolute atomic E-state index is 0.821. The number of fused-ring (bicyclic) bond motifs is 1. The van der Waals surface area contributed by atoms with Crippen LogP contribution in [0.15, 0.2) is 24.3 Å². The van der Waals surface area contributed by atoms with Crippen molar-refractivity contribution in [2.24, 2.45) is 0 Å². The summed E-state index contributed by atoms with van der Waals surface area (Å²) in [6.07, 6.45) is 6.19. The molecule has 0 spiro atoms. The molecule has 0 amide bonds. The number of aryl methyl sites for hydroxylation is 2. The van der Waals surface area contributed by atoms with Gasteiger partial charge in [0.1, 0.15) is 11.4 Å². The number of hydrogen-bond acceptors (Lipinski definition) is 3. The molecule has 0 aliphatic heterocycles. The summed E-state index contributed by atoms with van der Waals surface area (Å²) in [5.41, 5.74) is 4.15. The number of methoxy groups -OCH3 is 1. The van der Waals surface area contributed by atoms with E-state index in [1.807, 2.05) is 31.2 Å². The van der Waals surface area contributed by atoms with Gasteiger partial charge in [0.25, 0.3) is 0 Å². The van der Waals surface area contributed by atoms with Crippen LogP contribution >= 0.6 is 0 Å². The molecule has 0 saturated carbocycles. The second-order valence-corrected chi connectivity index (χ2v) is 4.41. The van der Waals surface area contributed by atoms with Gasteiger partial charge in [-0.2, -0.15) is 9.90 Å². The molecule has 0 unspecified atom stereocenters. The number of benzene rings is 1. The first-order valence-corrected chi connectivity index (χ1v) is 6.06. The maximum Gasteiger partial charge on any atom is 0.121 e. The lowest BCUT2D eigenvalue weighted by Gasteiger charge is -2.06. The molecule has 1 aliphatic carbocycles. The maximum atomic E-state index is 5.25. The molecule has 0 atom stereocenters. The average molecular weight is 241 g/mol. The van der Waals surface area contributed by atoms with Crippen molar-refractivity contribution in [1.29, 1.82) is 0 Å². The third kappa shape index (κ3) is 1.79. The third-order valence-corrected chi connectivity index (χ3v) is 3.17. The number of ether oxygens (including phenoxy) is 1. The Morgan fingerprint density at radius 1 is 1.28 bits per heavy atom. The van der Waals surface area contributed by atoms with Crippen molar-refractivity contribution in [3.63, 3.8) is 0 Å². The molecule has 3 rings (SSSR count). The van der Waals surface area contributed by atoms with Crippen molar-refractivity contribution >= 4 is 6.08 Å². The number of allylic oxidation sites excluding steroid dienone is 1. The Labute approximate surface area is 106 Å². The molecule has 18 heavy (non-hydrogen) atoms. The Morgan fingerprint density at radius 3 is 2.94 bits per heavy atom. The monoisotopic (exact) mass is 241 g/mol. The molecule has 4 heteroatoms. The zero-order valence-electron chi connectivity index (χ0n) is 10.6. The summed E-state index contributed by atoms with van der Waals surface area (Å²) in [5, 5.41) is 9.08. The van der Waals surface area contributed by atoms with E-state index in [1.165, 1.54) is 0 Å². The van der Waals surface area contributed by atoms with Crippen molar-refractivity contribution in [2.45, 2.75) is 19.8 Å². The molecular weight excluding hydrogens is 226 g/mol. The zero-order valence-corrected chi connectivity index (χ0v) is 10.6. The quantitative estimate of drug-likeness (QED) is 0.811. The number of nitrogens with zero attached hydrogens (tertiary/aromatic N) is 3. The molecule has 0 N–H and O–H groups in total. The Balaban J connectivity index is 2.09. The summed E-state index contributed by atoms with van der Waals surface area (Å²) in [7, 11) is 1.67. The van der Waals surface area contributed by atoms with E-state index in [2.05, 4.69) is 16.3 Å². The van der Waals surface area contributed by atoms with Crippen molar-refractivity contribution in [3.05, 3.63) is 41.2 Å². The summed E-state index contributed by atoms with van der Waals surface area (Å²) in [4.78, 5) is 1.71. The van der Waals surface area contributed by atoms with Crippen LogP contribution in [0.1, 0.15) is 23.4 Å². The van der Waals surface area contributed by atoms with Gasteiger partial charge < -0.3 is 4.74 Å². The highest BCUT2D eigenvalue weighted by atomic mass is 16.5. The van der Waals surface area contributed by atoms with Gasteiger partial charge in [-0.3, -0.25) is 0 Å². The van der Waals surface area contributed by atoms with Gasteiger partial charge in [-0.25, -0.2) is 0 Å². The van der Waals surface area contributed by atoms with E-state index in [0.29, 0.717) is 0 Å². The lowest BCUT2D eigenvalue weighted by molar-refractivity contribution is 0.414. The fourth-order valence-electron chi connectivity index (χ4n) is 2.11. The molecule has 1 aliphatic rings. The Morgan fingerprint density at radius 2 is 2.17 bits per heavy atom. The average Bonchev–Trinajstić information content (AvgIpc) is 2.82. The van der Waals surface area contributed by atoms with Crippen molar-refractivity contribution in [1.82, 2.24) is 15.0 Å². The highest BCUT2D eigenvalue weighted by Gasteiger charge is 2.13. The van der Waals surface area contributed by atoms with E-state index in [0.717, 1.165) is 41.2 Å². The predicted molar refractivity (Wildman–Crippen MR) is 70.0 cm³/mol. The van der Waals surface area contributed by atoms with Gasteiger partial charge in [0.2, 0.25) is 0 Å². The summed E-state index contributed by atoms with van der Waals surface area (Å²) >= 11 is 0. The van der Waals surface area contributed by atoms with Crippen LogP contribution in [-0.2, 0) is 6.42 Å². The molecule has 0 radical (unpaired) electrons. The molecule has 0 bridgehead atoms. The van der Waals surface area contributed by atoms with E-state index < -0.39 is 0 Å². The summed E-state index contributed by atoms with van der Waals surface area (Å²) in [6, 6.07) is 5.93. The van der Waals surface area contributed by atoms with Crippen LogP contribution in [0.4, 0.5) is 0 Å². The molecule has 4 nitrogen and oxygen atoms in total. The van der Waals surface area contributed by atoms with E-state index in [4.69, 9.17) is 4.74 Å². The smallest absolute Gasteiger partial charge is 0.121 e. The van der Waals surface area contributed by atoms with Crippen LogP contribution in [0.25, 0.3) is 11.8 Å². The van der Waals surface area contributed by atoms with Crippen LogP contribution in [0.3, 0.4) is 0 Å². The normalized spacial score (nSPS) is 13.4. The van der Waals surface area contributed by atoms with Gasteiger partial charge in [-0.05, 0) is 37.5 Å². The van der Waals surface area contributed by atoms with Gasteiger partial charge in [-0.1, -0.05) is 12.1 Å². The van der Waals surface area contributed by atoms with Crippen LogP contribution in [0.2, 0.25) is 0 Å². The SMILES string of the molecule is COc1ccc(C)c(-n2nc3c(n2)CCC=C3)c1. The largest absolute Gasteiger partial charge is 0.497 e. The lowest BCUT2D eigenvalue weighted by atomic mass is 10.1. The van der Waals surface area contributed by atoms with Gasteiger partial charge in [0, 0.05) is 6.07 Å². The Hall–Kier alpha value is -2.10. The molecule has 0 fully saturated rings. The lowest BCUT2D eigenvalue weighted by Crippen LogP contribution is -2.02. The second kappa shape index (κ2) is 4.29. The molecular formula is C14H15N3O. The number of rotatable bonds is 2. The van der Waals surface area contributed by atoms with Crippen LogP contribution in [0, 0.1) is 6.92 Å². The van der Waals surface area contributed by atoms with Gasteiger partial charge in [0.15, 0.2) is 0 Å². The minimum Gasteiger partial charge on any atom is -0.497 e. The van der Waals surface area contributed by atoms with Crippen molar-refractivity contribution in [2.75, 3.05) is 7.11 Å². The minimum atomic E-state index is 0.821. The molecule has 0 saturated heterocycles. The summed E-state index contributed by atoms with van der Waals surface area (Å²) < 4.78 is 5.25. The van der Waals surface area contributed by atoms with Crippen molar-refractivity contribution in [3.8, 4) is 11.4 Å². The molecule has 1 heterocycles. The van der Waals surface area contributed by atoms with E-state index in [9.17, 15) is 0 Å². The zero-order chi connectivity index (χ0) is 12.5. The predicted octanol–water partition coefficient (Wildman–Crippen LogP) is 2.54. The van der Waals surface area contributed by atoms with E-state index in [-0.39, 0.29) is 0 Å². The van der Waals surface area contributed by atoms with Crippen molar-refractivity contribution < 1.29 is 4.74 Å². The first kappa shape index (κ1) is 11.0. The maximum absolute atomic E-state index is 5.25. The first-order valence-electron chi connectivity index (χ1n) is 6.06. The highest BCUT2D eigenvalue weighted by Crippen LogP contribution is 2.22.